The monoisotopic (exact) mass is 601 g/mol. The summed E-state index contributed by atoms with van der Waals surface area (Å²) in [6.45, 7) is 0. The van der Waals surface area contributed by atoms with Crippen LogP contribution in [0.3, 0.4) is 0 Å². The van der Waals surface area contributed by atoms with Crippen molar-refractivity contribution in [2.75, 3.05) is 0 Å². The molecule has 0 aliphatic heterocycles. The third kappa shape index (κ3) is 2040. The molecule has 0 aliphatic carbocycles. The maximum Gasteiger partial charge on any atom is 0.673 e. The molecule has 0 N–H and O–H groups in total. The number of hydrogen-bond acceptors (Lipinski definition) is 1. The first-order valence-corrected chi connectivity index (χ1v) is 7.09. The third-order valence-electron chi connectivity index (χ3n) is 0.566. The Morgan fingerprint density at radius 2 is 0.361 bits per heavy atom. The van der Waals surface area contributed by atoms with E-state index in [4.69, 9.17) is 0 Å². The van der Waals surface area contributed by atoms with Crippen LogP contribution >= 0.6 is 0 Å². The van der Waals surface area contributed by atoms with E-state index < -0.39 is 43.5 Å². The van der Waals surface area contributed by atoms with Gasteiger partial charge in [0.2, 0.25) is 0 Å². The van der Waals surface area contributed by atoms with E-state index in [0.29, 0.717) is 0 Å². The van der Waals surface area contributed by atoms with Crippen LogP contribution in [-0.4, -0.2) is 48.5 Å². The Bertz CT molecular complexity index is 399. The van der Waals surface area contributed by atoms with Gasteiger partial charge in [0.15, 0.2) is 0 Å². The smallest absolute Gasteiger partial charge is 0.418 e. The van der Waals surface area contributed by atoms with Gasteiger partial charge in [0.25, 0.3) is 0 Å². The predicted octanol–water partition coefficient (Wildman–Crippen LogP) is 8.88. The number of nitrogens with zero attached hydrogens (tertiary/aromatic N) is 1. The van der Waals surface area contributed by atoms with Crippen LogP contribution in [0.5, 0.6) is 0 Å². The Hall–Kier alpha value is -2.14. The van der Waals surface area contributed by atoms with E-state index in [-0.39, 0.29) is 0 Å². The SMILES string of the molecule is F[B-](F)(F)F.F[B-](F)(F)F.F[B-](F)(F)F.F[B-](F)(F)F.F[B-](F)(F)F.F[B-](F)(F)F.c1ccncc1. The Morgan fingerprint density at radius 3 is 0.389 bits per heavy atom. The maximum absolute atomic E-state index is 9.75. The zero-order chi connectivity index (χ0) is 31.2. The summed E-state index contributed by atoms with van der Waals surface area (Å²) in [5, 5.41) is 0. The molecule has 0 amide bonds. The Kier molecular flexibility index (Phi) is 27.5. The van der Waals surface area contributed by atoms with Gasteiger partial charge in [-0.1, -0.05) is 6.07 Å². The van der Waals surface area contributed by atoms with Crippen molar-refractivity contribution in [2.45, 2.75) is 0 Å². The lowest BCUT2D eigenvalue weighted by Gasteiger charge is -1.94. The molecule has 0 unspecified atom stereocenters. The first-order chi connectivity index (χ1) is 15.0. The maximum atomic E-state index is 9.75. The summed E-state index contributed by atoms with van der Waals surface area (Å²) in [7, 11) is -36.0. The Labute approximate surface area is 184 Å². The number of halogens is 24. The molecule has 1 nitrogen and oxygen atoms in total. The molecule has 0 saturated heterocycles. The second kappa shape index (κ2) is 21.0. The van der Waals surface area contributed by atoms with E-state index in [1.54, 1.807) is 12.4 Å². The molecular formula is C5H5B6F24N-6. The zero-order valence-electron chi connectivity index (χ0n) is 15.9. The highest BCUT2D eigenvalue weighted by Gasteiger charge is 2.22. The molecule has 1 aromatic rings. The third-order valence-corrected chi connectivity index (χ3v) is 0.566. The fourth-order valence-electron chi connectivity index (χ4n) is 0.313. The minimum atomic E-state index is -6.00. The molecule has 0 spiro atoms. The molecule has 0 bridgehead atoms. The van der Waals surface area contributed by atoms with Crippen molar-refractivity contribution < 1.29 is 104 Å². The van der Waals surface area contributed by atoms with Gasteiger partial charge in [-0.15, -0.1) is 0 Å². The van der Waals surface area contributed by atoms with E-state index in [1.807, 2.05) is 18.2 Å². The Morgan fingerprint density at radius 1 is 0.250 bits per heavy atom. The number of rotatable bonds is 0. The van der Waals surface area contributed by atoms with E-state index in [2.05, 4.69) is 4.98 Å². The second-order valence-electron chi connectivity index (χ2n) is 3.99. The molecular weight excluding hydrogens is 595 g/mol. The lowest BCUT2D eigenvalue weighted by Crippen LogP contribution is -2.02. The fourth-order valence-corrected chi connectivity index (χ4v) is 0.313. The van der Waals surface area contributed by atoms with Crippen LogP contribution in [0, 0.1) is 0 Å². The van der Waals surface area contributed by atoms with Crippen molar-refractivity contribution >= 4 is 43.5 Å². The topological polar surface area (TPSA) is 12.9 Å². The van der Waals surface area contributed by atoms with Crippen LogP contribution in [0.4, 0.5) is 104 Å². The van der Waals surface area contributed by atoms with Gasteiger partial charge in [0, 0.05) is 12.4 Å². The average molecular weight is 600 g/mol. The molecule has 0 atom stereocenters. The largest absolute Gasteiger partial charge is 0.673 e. The van der Waals surface area contributed by atoms with Crippen molar-refractivity contribution in [3.05, 3.63) is 30.6 Å². The van der Waals surface area contributed by atoms with Gasteiger partial charge in [-0.25, -0.2) is 0 Å². The normalized spacial score (nSPS) is 11.3. The van der Waals surface area contributed by atoms with Gasteiger partial charge in [-0.3, -0.25) is 4.98 Å². The zero-order valence-corrected chi connectivity index (χ0v) is 15.9. The second-order valence-corrected chi connectivity index (χ2v) is 3.99. The lowest BCUT2D eigenvalue weighted by molar-refractivity contribution is 0.366. The molecule has 1 aromatic heterocycles. The highest BCUT2D eigenvalue weighted by Crippen LogP contribution is 2.09. The van der Waals surface area contributed by atoms with Gasteiger partial charge >= 0.3 is 43.5 Å². The summed E-state index contributed by atoms with van der Waals surface area (Å²) in [5.41, 5.74) is 0. The number of aromatic nitrogens is 1. The quantitative estimate of drug-likeness (QED) is 0.214. The van der Waals surface area contributed by atoms with E-state index in [0.717, 1.165) is 0 Å². The minimum absolute atomic E-state index is 1.75. The van der Waals surface area contributed by atoms with Gasteiger partial charge in [-0.05, 0) is 12.1 Å². The van der Waals surface area contributed by atoms with Crippen LogP contribution in [0.1, 0.15) is 0 Å². The minimum Gasteiger partial charge on any atom is -0.418 e. The lowest BCUT2D eigenvalue weighted by atomic mass is 10.3. The first-order valence-electron chi connectivity index (χ1n) is 7.09. The van der Waals surface area contributed by atoms with Gasteiger partial charge in [0.05, 0.1) is 0 Å². The highest BCUT2D eigenvalue weighted by atomic mass is 19.5. The first kappa shape index (κ1) is 47.1. The van der Waals surface area contributed by atoms with E-state index in [9.17, 15) is 104 Å². The van der Waals surface area contributed by atoms with Crippen molar-refractivity contribution in [1.29, 1.82) is 0 Å². The summed E-state index contributed by atoms with van der Waals surface area (Å²) in [6.07, 6.45) is 3.50. The van der Waals surface area contributed by atoms with Gasteiger partial charge in [0.1, 0.15) is 0 Å². The van der Waals surface area contributed by atoms with E-state index in [1.165, 1.54) is 0 Å². The summed E-state index contributed by atoms with van der Waals surface area (Å²) < 4.78 is 234. The van der Waals surface area contributed by atoms with Crippen molar-refractivity contribution in [3.63, 3.8) is 0 Å². The molecule has 0 saturated carbocycles. The van der Waals surface area contributed by atoms with Crippen LogP contribution < -0.4 is 0 Å². The van der Waals surface area contributed by atoms with Crippen LogP contribution in [0.25, 0.3) is 0 Å². The summed E-state index contributed by atoms with van der Waals surface area (Å²) in [6, 6.07) is 5.72. The molecule has 0 radical (unpaired) electrons. The molecule has 1 heterocycles. The highest BCUT2D eigenvalue weighted by molar-refractivity contribution is 6.51. The van der Waals surface area contributed by atoms with Crippen molar-refractivity contribution in [1.82, 2.24) is 4.98 Å². The molecule has 0 aromatic carbocycles. The van der Waals surface area contributed by atoms with Gasteiger partial charge in [-0.2, -0.15) is 0 Å². The summed E-state index contributed by atoms with van der Waals surface area (Å²) >= 11 is 0. The molecule has 0 aliphatic rings. The molecule has 0 fully saturated rings. The average Bonchev–Trinajstić information content (AvgIpc) is 2.37. The fraction of sp³-hybridized carbons (Fsp3) is 0. The standard InChI is InChI=1S/C5H5N.6BF4/c1-2-4-6-5-3-1;6*2-1(3,4)5/h1-5H;;;;;;/q;6*-1. The van der Waals surface area contributed by atoms with Crippen LogP contribution in [0.15, 0.2) is 30.6 Å². The summed E-state index contributed by atoms with van der Waals surface area (Å²) in [4.78, 5) is 3.78. The number of pyridine rings is 1. The Balaban J connectivity index is -0.0000000731. The molecule has 31 heteroatoms. The van der Waals surface area contributed by atoms with Crippen LogP contribution in [-0.2, 0) is 0 Å². The van der Waals surface area contributed by atoms with Gasteiger partial charge < -0.3 is 104 Å². The molecule has 1 rings (SSSR count). The number of hydrogen-bond donors (Lipinski definition) is 0. The van der Waals surface area contributed by atoms with Crippen LogP contribution in [0.2, 0.25) is 0 Å². The van der Waals surface area contributed by atoms with Crippen molar-refractivity contribution in [2.24, 2.45) is 0 Å². The van der Waals surface area contributed by atoms with Crippen molar-refractivity contribution in [3.8, 4) is 0 Å². The summed E-state index contributed by atoms with van der Waals surface area (Å²) in [5.74, 6) is 0. The molecule has 36 heavy (non-hydrogen) atoms. The molecule has 222 valence electrons. The predicted molar refractivity (Wildman–Crippen MR) is 85.4 cm³/mol. The van der Waals surface area contributed by atoms with E-state index >= 15 is 0 Å².